The van der Waals surface area contributed by atoms with Crippen LogP contribution in [-0.4, -0.2) is 49.2 Å². The molecule has 4 rings (SSSR count). The molecule has 0 unspecified atom stereocenters. The number of hydrazone groups is 1. The summed E-state index contributed by atoms with van der Waals surface area (Å²) in [6.45, 7) is 7.75. The molecule has 3 N–H and O–H groups in total. The summed E-state index contributed by atoms with van der Waals surface area (Å²) >= 11 is 0. The third-order valence-electron chi connectivity index (χ3n) is 6.42. The second kappa shape index (κ2) is 11.0. The number of benzene rings is 2. The minimum Gasteiger partial charge on any atom is -0.502 e. The summed E-state index contributed by atoms with van der Waals surface area (Å²) in [7, 11) is 0. The Labute approximate surface area is 217 Å². The van der Waals surface area contributed by atoms with Crippen molar-refractivity contribution in [1.82, 2.24) is 15.0 Å². The van der Waals surface area contributed by atoms with E-state index < -0.39 is 27.0 Å². The smallest absolute Gasteiger partial charge is 0.318 e. The number of aromatic hydroxyl groups is 1. The Balaban J connectivity index is 1.65. The minimum atomic E-state index is -0.907. The molecule has 1 aliphatic rings. The molecule has 1 saturated heterocycles. The number of hydrogen-bond donors (Lipinski definition) is 3. The maximum absolute atomic E-state index is 11.2. The molecular formula is C24H27N9O5. The zero-order valence-corrected chi connectivity index (χ0v) is 21.1. The van der Waals surface area contributed by atoms with Crippen LogP contribution in [-0.2, 0) is 0 Å². The molecule has 0 amide bonds. The van der Waals surface area contributed by atoms with E-state index in [1.54, 1.807) is 0 Å². The van der Waals surface area contributed by atoms with Gasteiger partial charge in [0.05, 0.1) is 27.7 Å². The van der Waals surface area contributed by atoms with Crippen LogP contribution in [0.1, 0.15) is 36.5 Å². The van der Waals surface area contributed by atoms with Gasteiger partial charge in [-0.15, -0.1) is 0 Å². The Kier molecular flexibility index (Phi) is 7.60. The molecule has 38 heavy (non-hydrogen) atoms. The van der Waals surface area contributed by atoms with Crippen molar-refractivity contribution >= 4 is 41.1 Å². The fourth-order valence-electron chi connectivity index (χ4n) is 3.96. The normalized spacial score (nSPS) is 14.0. The molecule has 198 valence electrons. The third-order valence-corrected chi connectivity index (χ3v) is 6.42. The lowest BCUT2D eigenvalue weighted by molar-refractivity contribution is -0.394. The number of piperidine rings is 1. The molecule has 0 bridgehead atoms. The lowest BCUT2D eigenvalue weighted by Crippen LogP contribution is -2.34. The third kappa shape index (κ3) is 5.91. The van der Waals surface area contributed by atoms with E-state index in [0.717, 1.165) is 55.0 Å². The van der Waals surface area contributed by atoms with Gasteiger partial charge in [0.1, 0.15) is 0 Å². The van der Waals surface area contributed by atoms with Crippen LogP contribution in [0.15, 0.2) is 35.4 Å². The van der Waals surface area contributed by atoms with Gasteiger partial charge in [-0.05, 0) is 49.8 Å². The number of nitrogens with zero attached hydrogens (tertiary/aromatic N) is 7. The van der Waals surface area contributed by atoms with E-state index in [1.807, 2.05) is 32.0 Å². The van der Waals surface area contributed by atoms with Crippen LogP contribution in [0.3, 0.4) is 0 Å². The fourth-order valence-corrected chi connectivity index (χ4v) is 3.96. The number of anilines is 4. The number of rotatable bonds is 8. The molecule has 2 heterocycles. The number of nitro benzene ring substituents is 2. The van der Waals surface area contributed by atoms with Gasteiger partial charge in [0.25, 0.3) is 5.69 Å². The first-order valence-corrected chi connectivity index (χ1v) is 11.9. The molecule has 1 fully saturated rings. The van der Waals surface area contributed by atoms with Crippen LogP contribution in [0.25, 0.3) is 0 Å². The Morgan fingerprint density at radius 1 is 1.08 bits per heavy atom. The van der Waals surface area contributed by atoms with Crippen molar-refractivity contribution in [3.8, 4) is 5.75 Å². The first-order valence-electron chi connectivity index (χ1n) is 11.9. The average Bonchev–Trinajstić information content (AvgIpc) is 2.88. The van der Waals surface area contributed by atoms with E-state index in [1.165, 1.54) is 0 Å². The molecule has 0 radical (unpaired) electrons. The van der Waals surface area contributed by atoms with Gasteiger partial charge >= 0.3 is 5.69 Å². The van der Waals surface area contributed by atoms with Crippen molar-refractivity contribution in [3.63, 3.8) is 0 Å². The first-order chi connectivity index (χ1) is 18.1. The van der Waals surface area contributed by atoms with Crippen molar-refractivity contribution in [1.29, 1.82) is 0 Å². The second-order valence-corrected chi connectivity index (χ2v) is 9.11. The Morgan fingerprint density at radius 2 is 1.79 bits per heavy atom. The van der Waals surface area contributed by atoms with Crippen LogP contribution in [0.2, 0.25) is 0 Å². The lowest BCUT2D eigenvalue weighted by atomic mass is 10.00. The summed E-state index contributed by atoms with van der Waals surface area (Å²) in [4.78, 5) is 36.2. The summed E-state index contributed by atoms with van der Waals surface area (Å²) in [5.41, 5.74) is 4.04. The molecule has 1 aromatic heterocycles. The summed E-state index contributed by atoms with van der Waals surface area (Å²) < 4.78 is 0. The van der Waals surface area contributed by atoms with Gasteiger partial charge in [-0.2, -0.15) is 20.1 Å². The van der Waals surface area contributed by atoms with Crippen molar-refractivity contribution in [2.45, 2.75) is 33.6 Å². The number of aryl methyl sites for hydroxylation is 1. The SMILES string of the molecule is Cc1cccc(Nc2nc(N/N=C/c3cc([N+](=O)[O-])cc([N+](=O)[O-])c3O)nc(N3CCC(C)CC3)n2)c1C. The predicted octanol–water partition coefficient (Wildman–Crippen LogP) is 4.44. The number of non-ortho nitro benzene ring substituents is 1. The van der Waals surface area contributed by atoms with Crippen molar-refractivity contribution in [2.24, 2.45) is 11.0 Å². The van der Waals surface area contributed by atoms with Crippen LogP contribution in [0, 0.1) is 40.0 Å². The molecule has 0 aliphatic carbocycles. The first kappa shape index (κ1) is 26.2. The maximum Gasteiger partial charge on any atom is 0.318 e. The summed E-state index contributed by atoms with van der Waals surface area (Å²) in [6.07, 6.45) is 3.02. The van der Waals surface area contributed by atoms with E-state index in [0.29, 0.717) is 17.9 Å². The quantitative estimate of drug-likeness (QED) is 0.216. The molecule has 14 heteroatoms. The van der Waals surface area contributed by atoms with E-state index in [-0.39, 0.29) is 17.5 Å². The second-order valence-electron chi connectivity index (χ2n) is 9.11. The molecule has 1 aliphatic heterocycles. The highest BCUT2D eigenvalue weighted by atomic mass is 16.6. The van der Waals surface area contributed by atoms with Crippen LogP contribution >= 0.6 is 0 Å². The Hall–Kier alpha value is -4.88. The number of hydrogen-bond acceptors (Lipinski definition) is 12. The van der Waals surface area contributed by atoms with E-state index in [4.69, 9.17) is 0 Å². The molecule has 3 aromatic rings. The van der Waals surface area contributed by atoms with E-state index in [9.17, 15) is 25.3 Å². The number of nitro groups is 2. The largest absolute Gasteiger partial charge is 0.502 e. The summed E-state index contributed by atoms with van der Waals surface area (Å²) in [6, 6.07) is 7.51. The standard InChI is InChI=1S/C24H27N9O5/c1-14-7-9-31(10-8-14)24-28-22(26-19-6-4-5-15(2)16(19)3)27-23(29-24)30-25-13-17-11-18(32(35)36)12-20(21(17)34)33(37)38/h4-6,11-14,34H,7-10H2,1-3H3,(H2,26,27,28,29,30)/b25-13+. The number of phenolic OH excluding ortho intramolecular Hbond substituents is 1. The molecule has 0 spiro atoms. The van der Waals surface area contributed by atoms with Crippen LogP contribution in [0.5, 0.6) is 5.75 Å². The highest BCUT2D eigenvalue weighted by Gasteiger charge is 2.23. The number of nitrogens with one attached hydrogen (secondary N) is 2. The Bertz CT molecular complexity index is 1400. The maximum atomic E-state index is 11.2. The highest BCUT2D eigenvalue weighted by Crippen LogP contribution is 2.33. The topological polar surface area (TPSA) is 185 Å². The van der Waals surface area contributed by atoms with E-state index in [2.05, 4.69) is 42.6 Å². The fraction of sp³-hybridized carbons (Fsp3) is 0.333. The highest BCUT2D eigenvalue weighted by molar-refractivity contribution is 5.87. The van der Waals surface area contributed by atoms with Crippen LogP contribution < -0.4 is 15.6 Å². The van der Waals surface area contributed by atoms with Gasteiger partial charge in [0, 0.05) is 24.8 Å². The van der Waals surface area contributed by atoms with E-state index >= 15 is 0 Å². The minimum absolute atomic E-state index is 0.0806. The van der Waals surface area contributed by atoms with Crippen molar-refractivity contribution < 1.29 is 15.0 Å². The van der Waals surface area contributed by atoms with Gasteiger partial charge in [-0.3, -0.25) is 20.2 Å². The average molecular weight is 522 g/mol. The number of phenols is 1. The molecular weight excluding hydrogens is 494 g/mol. The lowest BCUT2D eigenvalue weighted by Gasteiger charge is -2.30. The molecule has 2 aromatic carbocycles. The van der Waals surface area contributed by atoms with Crippen molar-refractivity contribution in [2.75, 3.05) is 28.7 Å². The van der Waals surface area contributed by atoms with Crippen LogP contribution in [0.4, 0.5) is 34.9 Å². The van der Waals surface area contributed by atoms with Gasteiger partial charge in [-0.25, -0.2) is 5.43 Å². The zero-order chi connectivity index (χ0) is 27.4. The Morgan fingerprint density at radius 3 is 2.47 bits per heavy atom. The predicted molar refractivity (Wildman–Crippen MR) is 142 cm³/mol. The summed E-state index contributed by atoms with van der Waals surface area (Å²) in [5, 5.41) is 39.8. The zero-order valence-electron chi connectivity index (χ0n) is 21.1. The van der Waals surface area contributed by atoms with Gasteiger partial charge < -0.3 is 15.3 Å². The number of aromatic nitrogens is 3. The molecule has 14 nitrogen and oxygen atoms in total. The van der Waals surface area contributed by atoms with Gasteiger partial charge in [-0.1, -0.05) is 19.1 Å². The monoisotopic (exact) mass is 521 g/mol. The van der Waals surface area contributed by atoms with Crippen molar-refractivity contribution in [3.05, 3.63) is 67.3 Å². The molecule has 0 atom stereocenters. The summed E-state index contributed by atoms with van der Waals surface area (Å²) in [5.74, 6) is 0.675. The van der Waals surface area contributed by atoms with Gasteiger partial charge in [0.2, 0.25) is 23.6 Å². The molecule has 0 saturated carbocycles. The van der Waals surface area contributed by atoms with Gasteiger partial charge in [0.15, 0.2) is 0 Å².